The average molecular weight is 239 g/mol. The number of rotatable bonds is 7. The molecule has 1 aromatic heterocycles. The van der Waals surface area contributed by atoms with Gasteiger partial charge in [0.2, 0.25) is 0 Å². The number of aromatic nitrogens is 2. The lowest BCUT2D eigenvalue weighted by Crippen LogP contribution is -2.27. The van der Waals surface area contributed by atoms with Crippen LogP contribution in [0.15, 0.2) is 17.5 Å². The van der Waals surface area contributed by atoms with Gasteiger partial charge in [0.05, 0.1) is 6.20 Å². The molecular formula is C11H21N5O. The summed E-state index contributed by atoms with van der Waals surface area (Å²) in [7, 11) is 0. The second-order valence-electron chi connectivity index (χ2n) is 3.91. The molecule has 96 valence electrons. The Balaban J connectivity index is 2.46. The van der Waals surface area contributed by atoms with E-state index in [-0.39, 0.29) is 5.84 Å². The predicted octanol–water partition coefficient (Wildman–Crippen LogP) is 0.861. The van der Waals surface area contributed by atoms with Gasteiger partial charge >= 0.3 is 0 Å². The van der Waals surface area contributed by atoms with Crippen molar-refractivity contribution in [1.82, 2.24) is 14.7 Å². The highest BCUT2D eigenvalue weighted by Gasteiger charge is 2.06. The van der Waals surface area contributed by atoms with Crippen molar-refractivity contribution in [3.8, 4) is 0 Å². The number of hydrogen-bond donors (Lipinski definition) is 2. The highest BCUT2D eigenvalue weighted by Crippen LogP contribution is 2.04. The molecule has 6 nitrogen and oxygen atoms in total. The number of oxime groups is 1. The summed E-state index contributed by atoms with van der Waals surface area (Å²) in [5.41, 5.74) is 6.64. The molecule has 1 aromatic rings. The molecule has 0 aliphatic heterocycles. The molecule has 0 radical (unpaired) electrons. The number of nitrogens with two attached hydrogens (primary N) is 1. The first kappa shape index (κ1) is 13.5. The summed E-state index contributed by atoms with van der Waals surface area (Å²) in [4.78, 5) is 2.23. The maximum atomic E-state index is 8.48. The minimum atomic E-state index is 0.271. The van der Waals surface area contributed by atoms with Crippen LogP contribution in [0.4, 0.5) is 0 Å². The normalized spacial score (nSPS) is 12.3. The molecule has 0 amide bonds. The van der Waals surface area contributed by atoms with Crippen molar-refractivity contribution in [1.29, 1.82) is 0 Å². The van der Waals surface area contributed by atoms with Crippen LogP contribution in [0, 0.1) is 0 Å². The van der Waals surface area contributed by atoms with Gasteiger partial charge in [-0.3, -0.25) is 9.58 Å². The Kier molecular flexibility index (Phi) is 5.48. The number of hydrogen-bond acceptors (Lipinski definition) is 4. The molecule has 1 rings (SSSR count). The maximum Gasteiger partial charge on any atom is 0.140 e. The molecule has 0 aliphatic rings. The Morgan fingerprint density at radius 1 is 1.59 bits per heavy atom. The number of aryl methyl sites for hydroxylation is 1. The Bertz CT molecular complexity index is 360. The van der Waals surface area contributed by atoms with Crippen LogP contribution in [0.1, 0.15) is 25.8 Å². The third kappa shape index (κ3) is 4.44. The first-order valence-electron chi connectivity index (χ1n) is 5.89. The monoisotopic (exact) mass is 239 g/mol. The maximum absolute atomic E-state index is 8.48. The second-order valence-corrected chi connectivity index (χ2v) is 3.91. The van der Waals surface area contributed by atoms with Crippen LogP contribution in [0.5, 0.6) is 0 Å². The molecular weight excluding hydrogens is 218 g/mol. The smallest absolute Gasteiger partial charge is 0.140 e. The van der Waals surface area contributed by atoms with E-state index in [1.54, 1.807) is 0 Å². The molecule has 1 heterocycles. The molecule has 0 atom stereocenters. The Morgan fingerprint density at radius 3 is 2.88 bits per heavy atom. The Hall–Kier alpha value is -1.56. The van der Waals surface area contributed by atoms with Gasteiger partial charge in [-0.25, -0.2) is 0 Å². The van der Waals surface area contributed by atoms with Crippen LogP contribution in [-0.2, 0) is 13.1 Å². The standard InChI is InChI=1S/C11H21N5O/c1-3-15(6-5-11(12)14-17)8-10-7-13-16(4-2)9-10/h7,9,17H,3-6,8H2,1-2H3,(H2,12,14). The van der Waals surface area contributed by atoms with Crippen LogP contribution >= 0.6 is 0 Å². The summed E-state index contributed by atoms with van der Waals surface area (Å²) >= 11 is 0. The molecule has 17 heavy (non-hydrogen) atoms. The van der Waals surface area contributed by atoms with Crippen LogP contribution in [0.3, 0.4) is 0 Å². The van der Waals surface area contributed by atoms with Crippen molar-refractivity contribution in [3.63, 3.8) is 0 Å². The fourth-order valence-corrected chi connectivity index (χ4v) is 1.59. The van der Waals surface area contributed by atoms with Crippen LogP contribution in [-0.4, -0.2) is 38.8 Å². The molecule has 0 saturated carbocycles. The fourth-order valence-electron chi connectivity index (χ4n) is 1.59. The van der Waals surface area contributed by atoms with Gasteiger partial charge in [0.1, 0.15) is 5.84 Å². The highest BCUT2D eigenvalue weighted by molar-refractivity contribution is 5.79. The van der Waals surface area contributed by atoms with Crippen molar-refractivity contribution in [2.75, 3.05) is 13.1 Å². The molecule has 0 aliphatic carbocycles. The summed E-state index contributed by atoms with van der Waals surface area (Å²) in [5.74, 6) is 0.271. The molecule has 0 aromatic carbocycles. The van der Waals surface area contributed by atoms with Gasteiger partial charge in [-0.15, -0.1) is 0 Å². The van der Waals surface area contributed by atoms with Crippen LogP contribution < -0.4 is 5.73 Å². The molecule has 3 N–H and O–H groups in total. The zero-order valence-corrected chi connectivity index (χ0v) is 10.5. The summed E-state index contributed by atoms with van der Waals surface area (Å²) in [6.45, 7) is 7.59. The van der Waals surface area contributed by atoms with Crippen molar-refractivity contribution >= 4 is 5.84 Å². The average Bonchev–Trinajstić information content (AvgIpc) is 2.81. The Morgan fingerprint density at radius 2 is 2.35 bits per heavy atom. The third-order valence-electron chi connectivity index (χ3n) is 2.68. The molecule has 6 heteroatoms. The van der Waals surface area contributed by atoms with E-state index in [2.05, 4.69) is 29.0 Å². The largest absolute Gasteiger partial charge is 0.409 e. The van der Waals surface area contributed by atoms with Crippen molar-refractivity contribution < 1.29 is 5.21 Å². The lowest BCUT2D eigenvalue weighted by atomic mass is 10.3. The van der Waals surface area contributed by atoms with Crippen LogP contribution in [0.2, 0.25) is 0 Å². The summed E-state index contributed by atoms with van der Waals surface area (Å²) in [5, 5.41) is 15.7. The minimum absolute atomic E-state index is 0.271. The molecule has 0 fully saturated rings. The van der Waals surface area contributed by atoms with E-state index >= 15 is 0 Å². The van der Waals surface area contributed by atoms with E-state index in [0.29, 0.717) is 6.42 Å². The van der Waals surface area contributed by atoms with E-state index in [1.807, 2.05) is 17.1 Å². The fraction of sp³-hybridized carbons (Fsp3) is 0.636. The summed E-state index contributed by atoms with van der Waals surface area (Å²) < 4.78 is 1.91. The topological polar surface area (TPSA) is 79.7 Å². The first-order valence-corrected chi connectivity index (χ1v) is 5.89. The summed E-state index contributed by atoms with van der Waals surface area (Å²) in [6.07, 6.45) is 4.51. The van der Waals surface area contributed by atoms with Gasteiger partial charge in [0.15, 0.2) is 0 Å². The number of nitrogens with zero attached hydrogens (tertiary/aromatic N) is 4. The van der Waals surface area contributed by atoms with Crippen LogP contribution in [0.25, 0.3) is 0 Å². The van der Waals surface area contributed by atoms with E-state index in [4.69, 9.17) is 10.9 Å². The second kappa shape index (κ2) is 6.90. The molecule has 0 saturated heterocycles. The van der Waals surface area contributed by atoms with E-state index in [9.17, 15) is 0 Å². The molecule has 0 unspecified atom stereocenters. The van der Waals surface area contributed by atoms with Gasteiger partial charge in [0, 0.05) is 37.8 Å². The molecule has 0 spiro atoms. The highest BCUT2D eigenvalue weighted by atomic mass is 16.4. The number of amidine groups is 1. The van der Waals surface area contributed by atoms with Crippen molar-refractivity contribution in [2.24, 2.45) is 10.9 Å². The summed E-state index contributed by atoms with van der Waals surface area (Å²) in [6, 6.07) is 0. The third-order valence-corrected chi connectivity index (χ3v) is 2.68. The van der Waals surface area contributed by atoms with Gasteiger partial charge in [0.25, 0.3) is 0 Å². The van der Waals surface area contributed by atoms with Gasteiger partial charge in [-0.05, 0) is 13.5 Å². The predicted molar refractivity (Wildman–Crippen MR) is 66.9 cm³/mol. The van der Waals surface area contributed by atoms with Crippen molar-refractivity contribution in [3.05, 3.63) is 18.0 Å². The van der Waals surface area contributed by atoms with Gasteiger partial charge < -0.3 is 10.9 Å². The Labute approximate surface area is 102 Å². The molecule has 0 bridgehead atoms. The van der Waals surface area contributed by atoms with E-state index in [1.165, 1.54) is 5.56 Å². The van der Waals surface area contributed by atoms with Gasteiger partial charge in [-0.2, -0.15) is 5.10 Å². The van der Waals surface area contributed by atoms with Crippen molar-refractivity contribution in [2.45, 2.75) is 33.4 Å². The van der Waals surface area contributed by atoms with Gasteiger partial charge in [-0.1, -0.05) is 12.1 Å². The van der Waals surface area contributed by atoms with E-state index in [0.717, 1.165) is 26.2 Å². The lowest BCUT2D eigenvalue weighted by molar-refractivity contribution is 0.283. The SMILES string of the molecule is CCN(CCC(N)=NO)Cc1cnn(CC)c1. The first-order chi connectivity index (χ1) is 8.19. The zero-order chi connectivity index (χ0) is 12.7. The zero-order valence-electron chi connectivity index (χ0n) is 10.5. The van der Waals surface area contributed by atoms with E-state index < -0.39 is 0 Å². The lowest BCUT2D eigenvalue weighted by Gasteiger charge is -2.18. The minimum Gasteiger partial charge on any atom is -0.409 e. The quantitative estimate of drug-likeness (QED) is 0.320.